The maximum Gasteiger partial charge on any atom is 0.113 e. The fourth-order valence-corrected chi connectivity index (χ4v) is 3.72. The Morgan fingerprint density at radius 1 is 1.06 bits per heavy atom. The summed E-state index contributed by atoms with van der Waals surface area (Å²) in [5, 5.41) is 8.69. The number of nitrogens with zero attached hydrogens (tertiary/aromatic N) is 3. The van der Waals surface area contributed by atoms with E-state index in [9.17, 15) is 0 Å². The van der Waals surface area contributed by atoms with E-state index in [-0.39, 0.29) is 0 Å². The third-order valence-electron chi connectivity index (χ3n) is 4.62. The number of hydrogen-bond donors (Lipinski definition) is 0. The zero-order chi connectivity index (χ0) is 11.9. The highest BCUT2D eigenvalue weighted by atomic mass is 15.4. The first-order valence-electron chi connectivity index (χ1n) is 6.87. The van der Waals surface area contributed by atoms with Crippen LogP contribution in [0.3, 0.4) is 0 Å². The number of hydrogen-bond acceptors (Lipinski definition) is 2. The first-order valence-corrected chi connectivity index (χ1v) is 6.87. The molecule has 2 aromatic rings. The van der Waals surface area contributed by atoms with Gasteiger partial charge in [0.15, 0.2) is 0 Å². The largest absolute Gasteiger partial charge is 0.249 e. The first kappa shape index (κ1) is 10.3. The van der Waals surface area contributed by atoms with Crippen molar-refractivity contribution in [2.24, 2.45) is 11.8 Å². The molecule has 3 atom stereocenters. The highest BCUT2D eigenvalue weighted by Crippen LogP contribution is 2.50. The van der Waals surface area contributed by atoms with Crippen molar-refractivity contribution in [2.75, 3.05) is 0 Å². The van der Waals surface area contributed by atoms with Crippen molar-refractivity contribution in [1.29, 1.82) is 0 Å². The van der Waals surface area contributed by atoms with E-state index in [1.54, 1.807) is 0 Å². The van der Waals surface area contributed by atoms with Crippen molar-refractivity contribution < 1.29 is 0 Å². The summed E-state index contributed by atoms with van der Waals surface area (Å²) in [4.78, 5) is 0. The van der Waals surface area contributed by atoms with Crippen molar-refractivity contribution in [3.05, 3.63) is 36.5 Å². The monoisotopic (exact) mass is 239 g/mol. The fourth-order valence-electron chi connectivity index (χ4n) is 3.72. The molecule has 0 amide bonds. The lowest BCUT2D eigenvalue weighted by molar-refractivity contribution is 0.302. The molecule has 0 radical (unpaired) electrons. The smallest absolute Gasteiger partial charge is 0.113 e. The minimum absolute atomic E-state index is 0.605. The molecule has 4 rings (SSSR count). The SMILES string of the molecule is c1ccc(-c2cn(C3CC4CCC3C4)nn2)cc1. The summed E-state index contributed by atoms with van der Waals surface area (Å²) in [6, 6.07) is 10.9. The summed E-state index contributed by atoms with van der Waals surface area (Å²) < 4.78 is 2.12. The molecule has 2 aliphatic rings. The molecule has 1 heterocycles. The number of aromatic nitrogens is 3. The fraction of sp³-hybridized carbons (Fsp3) is 0.467. The lowest BCUT2D eigenvalue weighted by Gasteiger charge is -2.21. The number of fused-ring (bicyclic) bond motifs is 2. The quantitative estimate of drug-likeness (QED) is 0.805. The Balaban J connectivity index is 1.63. The molecule has 2 aliphatic carbocycles. The van der Waals surface area contributed by atoms with E-state index in [1.807, 2.05) is 18.2 Å². The number of benzene rings is 1. The van der Waals surface area contributed by atoms with E-state index < -0.39 is 0 Å². The molecule has 3 heteroatoms. The molecular formula is C15H17N3. The summed E-state index contributed by atoms with van der Waals surface area (Å²) in [6.45, 7) is 0. The van der Waals surface area contributed by atoms with Gasteiger partial charge < -0.3 is 0 Å². The average Bonchev–Trinajstić information content (AvgIpc) is 3.15. The van der Waals surface area contributed by atoms with Gasteiger partial charge in [0.05, 0.1) is 12.2 Å². The van der Waals surface area contributed by atoms with Gasteiger partial charge in [-0.05, 0) is 31.1 Å². The van der Waals surface area contributed by atoms with Crippen LogP contribution in [0.2, 0.25) is 0 Å². The van der Waals surface area contributed by atoms with Gasteiger partial charge >= 0.3 is 0 Å². The lowest BCUT2D eigenvalue weighted by Crippen LogP contribution is -2.16. The predicted molar refractivity (Wildman–Crippen MR) is 69.9 cm³/mol. The van der Waals surface area contributed by atoms with Crippen LogP contribution >= 0.6 is 0 Å². The van der Waals surface area contributed by atoms with Crippen molar-refractivity contribution in [3.8, 4) is 11.3 Å². The van der Waals surface area contributed by atoms with Crippen LogP contribution in [0.25, 0.3) is 11.3 Å². The van der Waals surface area contributed by atoms with Gasteiger partial charge in [-0.25, -0.2) is 4.68 Å². The Kier molecular flexibility index (Phi) is 2.25. The van der Waals surface area contributed by atoms with Crippen molar-refractivity contribution in [3.63, 3.8) is 0 Å². The Morgan fingerprint density at radius 3 is 2.67 bits per heavy atom. The molecule has 2 fully saturated rings. The summed E-state index contributed by atoms with van der Waals surface area (Å²) in [7, 11) is 0. The van der Waals surface area contributed by atoms with Gasteiger partial charge in [0.1, 0.15) is 5.69 Å². The van der Waals surface area contributed by atoms with Gasteiger partial charge in [-0.15, -0.1) is 5.10 Å². The predicted octanol–water partition coefficient (Wildman–Crippen LogP) is 3.31. The minimum Gasteiger partial charge on any atom is -0.249 e. The molecule has 1 aromatic heterocycles. The van der Waals surface area contributed by atoms with Gasteiger partial charge in [-0.1, -0.05) is 42.0 Å². The zero-order valence-electron chi connectivity index (χ0n) is 10.4. The van der Waals surface area contributed by atoms with Gasteiger partial charge in [0.2, 0.25) is 0 Å². The molecule has 1 aromatic carbocycles. The van der Waals surface area contributed by atoms with Gasteiger partial charge in [-0.2, -0.15) is 0 Å². The second kappa shape index (κ2) is 3.94. The Labute approximate surface area is 107 Å². The Hall–Kier alpha value is -1.64. The summed E-state index contributed by atoms with van der Waals surface area (Å²) in [5.41, 5.74) is 2.16. The van der Waals surface area contributed by atoms with Crippen LogP contribution in [0.15, 0.2) is 36.5 Å². The van der Waals surface area contributed by atoms with E-state index in [2.05, 4.69) is 33.3 Å². The van der Waals surface area contributed by atoms with Crippen molar-refractivity contribution >= 4 is 0 Å². The normalized spacial score (nSPS) is 29.9. The maximum absolute atomic E-state index is 4.36. The molecule has 92 valence electrons. The molecule has 3 unspecified atom stereocenters. The highest BCUT2D eigenvalue weighted by molar-refractivity contribution is 5.57. The van der Waals surface area contributed by atoms with E-state index >= 15 is 0 Å². The maximum atomic E-state index is 4.36. The second-order valence-electron chi connectivity index (χ2n) is 5.69. The molecule has 0 N–H and O–H groups in total. The van der Waals surface area contributed by atoms with Crippen LogP contribution in [-0.2, 0) is 0 Å². The minimum atomic E-state index is 0.605. The van der Waals surface area contributed by atoms with Crippen LogP contribution in [0.1, 0.15) is 31.7 Å². The standard InChI is InChI=1S/C15H17N3/c1-2-4-12(5-3-1)14-10-18(17-16-14)15-9-11-6-7-13(15)8-11/h1-5,10-11,13,15H,6-9H2. The molecule has 2 bridgehead atoms. The lowest BCUT2D eigenvalue weighted by atomic mass is 9.95. The van der Waals surface area contributed by atoms with Gasteiger partial charge in [-0.3, -0.25) is 0 Å². The Morgan fingerprint density at radius 2 is 1.94 bits per heavy atom. The zero-order valence-corrected chi connectivity index (χ0v) is 10.4. The molecule has 18 heavy (non-hydrogen) atoms. The van der Waals surface area contributed by atoms with E-state index in [4.69, 9.17) is 0 Å². The van der Waals surface area contributed by atoms with Gasteiger partial charge in [0.25, 0.3) is 0 Å². The summed E-state index contributed by atoms with van der Waals surface area (Å²) in [5.74, 6) is 1.80. The molecule has 0 aliphatic heterocycles. The van der Waals surface area contributed by atoms with Gasteiger partial charge in [0, 0.05) is 5.56 Å². The van der Waals surface area contributed by atoms with Crippen LogP contribution in [0, 0.1) is 11.8 Å². The average molecular weight is 239 g/mol. The first-order chi connectivity index (χ1) is 8.90. The molecule has 0 saturated heterocycles. The summed E-state index contributed by atoms with van der Waals surface area (Å²) >= 11 is 0. The topological polar surface area (TPSA) is 30.7 Å². The third kappa shape index (κ3) is 1.57. The number of rotatable bonds is 2. The Bertz CT molecular complexity index is 546. The molecule has 3 nitrogen and oxygen atoms in total. The van der Waals surface area contributed by atoms with Crippen LogP contribution in [-0.4, -0.2) is 15.0 Å². The van der Waals surface area contributed by atoms with E-state index in [0.717, 1.165) is 23.1 Å². The van der Waals surface area contributed by atoms with Crippen LogP contribution < -0.4 is 0 Å². The summed E-state index contributed by atoms with van der Waals surface area (Å²) in [6.07, 6.45) is 7.66. The van der Waals surface area contributed by atoms with Crippen LogP contribution in [0.5, 0.6) is 0 Å². The van der Waals surface area contributed by atoms with E-state index in [1.165, 1.54) is 25.7 Å². The van der Waals surface area contributed by atoms with Crippen molar-refractivity contribution in [1.82, 2.24) is 15.0 Å². The molecule has 0 spiro atoms. The second-order valence-corrected chi connectivity index (χ2v) is 5.69. The third-order valence-corrected chi connectivity index (χ3v) is 4.62. The van der Waals surface area contributed by atoms with E-state index in [0.29, 0.717) is 6.04 Å². The van der Waals surface area contributed by atoms with Crippen LogP contribution in [0.4, 0.5) is 0 Å². The molecular weight excluding hydrogens is 222 g/mol. The highest BCUT2D eigenvalue weighted by Gasteiger charge is 2.40. The molecule has 2 saturated carbocycles. The van der Waals surface area contributed by atoms with Crippen molar-refractivity contribution in [2.45, 2.75) is 31.7 Å².